The Bertz CT molecular complexity index is 3740. The summed E-state index contributed by atoms with van der Waals surface area (Å²) in [7, 11) is -4.18. The molecule has 0 fully saturated rings. The lowest BCUT2D eigenvalue weighted by Crippen LogP contribution is -2.07. The molecule has 12 rings (SSSR count). The number of hydrogen-bond donors (Lipinski definition) is 0. The van der Waals surface area contributed by atoms with E-state index in [-0.39, 0.29) is 9.79 Å². The van der Waals surface area contributed by atoms with Gasteiger partial charge in [0, 0.05) is 69.1 Å². The fourth-order valence-corrected chi connectivity index (χ4v) is 11.2. The van der Waals surface area contributed by atoms with Crippen molar-refractivity contribution in [3.8, 4) is 101 Å². The van der Waals surface area contributed by atoms with Gasteiger partial charge >= 0.3 is 0 Å². The first-order chi connectivity index (χ1) is 33.0. The SMILES string of the molecule is O=S1(=O)c2ccccc2-c2ccccc2-c2ccccc2-c2ccc(-c3nc(-c4cccc(-c5cccnc5)c4)nc(-c4cccc(-c5cccnc5)c4)n3)cc2-c2ccc3ccccc3c21. The Morgan fingerprint density at radius 3 is 1.33 bits per heavy atom. The molecule has 0 atom stereocenters. The Hall–Kier alpha value is -8.72. The quantitative estimate of drug-likeness (QED) is 0.170. The topological polar surface area (TPSA) is 98.6 Å². The number of sulfone groups is 1. The molecule has 0 bridgehead atoms. The number of aromatic nitrogens is 5. The molecule has 0 spiro atoms. The summed E-state index contributed by atoms with van der Waals surface area (Å²) in [5.41, 5.74) is 12.7. The molecule has 0 saturated heterocycles. The van der Waals surface area contributed by atoms with Crippen molar-refractivity contribution >= 4 is 20.6 Å². The lowest BCUT2D eigenvalue weighted by Gasteiger charge is -2.19. The number of rotatable bonds is 5. The number of pyridine rings is 2. The highest BCUT2D eigenvalue weighted by Crippen LogP contribution is 2.49. The predicted molar refractivity (Wildman–Crippen MR) is 267 cm³/mol. The van der Waals surface area contributed by atoms with Gasteiger partial charge in [-0.25, -0.2) is 23.4 Å². The van der Waals surface area contributed by atoms with Crippen LogP contribution in [0.3, 0.4) is 0 Å². The summed E-state index contributed by atoms with van der Waals surface area (Å²) in [6.45, 7) is 0. The minimum atomic E-state index is -4.18. The van der Waals surface area contributed by atoms with Crippen molar-refractivity contribution in [2.45, 2.75) is 9.79 Å². The molecular weight excluding hydrogens is 843 g/mol. The highest BCUT2D eigenvalue weighted by molar-refractivity contribution is 7.92. The van der Waals surface area contributed by atoms with E-state index in [1.165, 1.54) is 0 Å². The van der Waals surface area contributed by atoms with Crippen molar-refractivity contribution in [1.29, 1.82) is 0 Å². The van der Waals surface area contributed by atoms with Gasteiger partial charge in [0.25, 0.3) is 0 Å². The van der Waals surface area contributed by atoms with Gasteiger partial charge in [0.1, 0.15) is 0 Å². The van der Waals surface area contributed by atoms with Crippen LogP contribution < -0.4 is 0 Å². The molecule has 0 saturated carbocycles. The van der Waals surface area contributed by atoms with Crippen LogP contribution in [0.1, 0.15) is 0 Å². The third kappa shape index (κ3) is 7.08. The van der Waals surface area contributed by atoms with Crippen LogP contribution in [0.15, 0.2) is 235 Å². The minimum absolute atomic E-state index is 0.241. The Kier molecular flexibility index (Phi) is 9.73. The number of nitrogens with zero attached hydrogens (tertiary/aromatic N) is 5. The Balaban J connectivity index is 1.14. The normalized spacial score (nSPS) is 12.4. The molecule has 1 aliphatic rings. The fourth-order valence-electron chi connectivity index (χ4n) is 9.33. The summed E-state index contributed by atoms with van der Waals surface area (Å²) in [5.74, 6) is 1.41. The van der Waals surface area contributed by atoms with E-state index >= 15 is 8.42 Å². The standard InChI is InChI=1S/C59H37N5O2S/c65-67(66)55-26-8-7-25-52(55)50-24-6-5-22-48(50)47-21-3-4-23-49(47)51-29-28-43(35-54(51)53-30-27-38-13-1-2-20-46(38)56(53)67)59-63-57(41-16-9-14-39(33-41)44-18-11-31-60-36-44)62-58(64-59)42-17-10-15-40(34-42)45-19-12-32-61-37-45/h1-37H. The van der Waals surface area contributed by atoms with Gasteiger partial charge in [0.05, 0.1) is 9.79 Å². The van der Waals surface area contributed by atoms with Gasteiger partial charge in [-0.2, -0.15) is 0 Å². The zero-order valence-electron chi connectivity index (χ0n) is 35.8. The van der Waals surface area contributed by atoms with Crippen molar-refractivity contribution in [2.75, 3.05) is 0 Å². The highest BCUT2D eigenvalue weighted by Gasteiger charge is 2.31. The molecule has 67 heavy (non-hydrogen) atoms. The molecular formula is C59H37N5O2S. The van der Waals surface area contributed by atoms with E-state index in [4.69, 9.17) is 15.0 Å². The van der Waals surface area contributed by atoms with Crippen molar-refractivity contribution in [2.24, 2.45) is 0 Å². The summed E-state index contributed by atoms with van der Waals surface area (Å²) in [5, 5.41) is 1.46. The van der Waals surface area contributed by atoms with Crippen LogP contribution in [-0.2, 0) is 9.84 Å². The minimum Gasteiger partial charge on any atom is -0.264 e. The Morgan fingerprint density at radius 1 is 0.313 bits per heavy atom. The molecule has 0 amide bonds. The molecule has 1 aliphatic heterocycles. The monoisotopic (exact) mass is 879 g/mol. The number of benzene rings is 8. The molecule has 11 aromatic rings. The van der Waals surface area contributed by atoms with Gasteiger partial charge in [-0.15, -0.1) is 0 Å². The largest absolute Gasteiger partial charge is 0.264 e. The summed E-state index contributed by atoms with van der Waals surface area (Å²) in [4.78, 5) is 24.8. The number of hydrogen-bond acceptors (Lipinski definition) is 7. The van der Waals surface area contributed by atoms with E-state index in [1.54, 1.807) is 24.5 Å². The van der Waals surface area contributed by atoms with Gasteiger partial charge in [-0.05, 0) is 86.3 Å². The van der Waals surface area contributed by atoms with Crippen molar-refractivity contribution < 1.29 is 8.42 Å². The second-order valence-corrected chi connectivity index (χ2v) is 18.3. The van der Waals surface area contributed by atoms with Crippen LogP contribution in [0.2, 0.25) is 0 Å². The third-order valence-electron chi connectivity index (χ3n) is 12.5. The second-order valence-electron chi connectivity index (χ2n) is 16.5. The van der Waals surface area contributed by atoms with Gasteiger partial charge in [0.2, 0.25) is 9.84 Å². The molecule has 4 heterocycles. The predicted octanol–water partition coefficient (Wildman–Crippen LogP) is 14.0. The van der Waals surface area contributed by atoms with Crippen LogP contribution in [-0.4, -0.2) is 33.3 Å². The van der Waals surface area contributed by atoms with Crippen molar-refractivity contribution in [1.82, 2.24) is 24.9 Å². The maximum Gasteiger partial charge on any atom is 0.208 e. The van der Waals surface area contributed by atoms with Crippen LogP contribution in [0.4, 0.5) is 0 Å². The van der Waals surface area contributed by atoms with Gasteiger partial charge < -0.3 is 0 Å². The molecule has 3 aromatic heterocycles. The lowest BCUT2D eigenvalue weighted by molar-refractivity contribution is 0.597. The molecule has 0 N–H and O–H groups in total. The third-order valence-corrected chi connectivity index (χ3v) is 14.4. The average molecular weight is 880 g/mol. The van der Waals surface area contributed by atoms with Gasteiger partial charge in [0.15, 0.2) is 17.5 Å². The van der Waals surface area contributed by atoms with E-state index in [9.17, 15) is 0 Å². The summed E-state index contributed by atoms with van der Waals surface area (Å²) < 4.78 is 31.5. The summed E-state index contributed by atoms with van der Waals surface area (Å²) in [6.07, 6.45) is 7.21. The molecule has 0 unspecified atom stereocenters. The van der Waals surface area contributed by atoms with Crippen molar-refractivity contribution in [3.63, 3.8) is 0 Å². The zero-order chi connectivity index (χ0) is 44.9. The molecule has 8 heteroatoms. The van der Waals surface area contributed by atoms with Crippen LogP contribution >= 0.6 is 0 Å². The lowest BCUT2D eigenvalue weighted by atomic mass is 9.86. The van der Waals surface area contributed by atoms with Crippen molar-refractivity contribution in [3.05, 3.63) is 225 Å². The summed E-state index contributed by atoms with van der Waals surface area (Å²) in [6, 6.07) is 65.7. The maximum atomic E-state index is 15.7. The fraction of sp³-hybridized carbons (Fsp3) is 0. The molecule has 316 valence electrons. The van der Waals surface area contributed by atoms with Gasteiger partial charge in [-0.3, -0.25) is 9.97 Å². The van der Waals surface area contributed by atoms with E-state index in [0.717, 1.165) is 72.1 Å². The molecule has 0 aliphatic carbocycles. The smallest absolute Gasteiger partial charge is 0.208 e. The Morgan fingerprint density at radius 2 is 0.761 bits per heavy atom. The summed E-state index contributed by atoms with van der Waals surface area (Å²) >= 11 is 0. The van der Waals surface area contributed by atoms with Crippen LogP contribution in [0.25, 0.3) is 112 Å². The molecule has 8 aromatic carbocycles. The average Bonchev–Trinajstić information content (AvgIpc) is 3.41. The first kappa shape index (κ1) is 39.8. The van der Waals surface area contributed by atoms with E-state index in [2.05, 4.69) is 46.4 Å². The highest BCUT2D eigenvalue weighted by atomic mass is 32.2. The van der Waals surface area contributed by atoms with Crippen LogP contribution in [0.5, 0.6) is 0 Å². The van der Waals surface area contributed by atoms with Gasteiger partial charge in [-0.1, -0.05) is 164 Å². The first-order valence-electron chi connectivity index (χ1n) is 22.0. The Labute approximate surface area is 387 Å². The number of fused-ring (bicyclic) bond motifs is 11. The maximum absolute atomic E-state index is 15.7. The van der Waals surface area contributed by atoms with E-state index in [0.29, 0.717) is 39.5 Å². The molecule has 0 radical (unpaired) electrons. The van der Waals surface area contributed by atoms with E-state index in [1.807, 2.05) is 164 Å². The zero-order valence-corrected chi connectivity index (χ0v) is 36.6. The molecule has 7 nitrogen and oxygen atoms in total. The first-order valence-corrected chi connectivity index (χ1v) is 23.4. The second kappa shape index (κ2) is 16.4. The van der Waals surface area contributed by atoms with E-state index < -0.39 is 9.84 Å². The van der Waals surface area contributed by atoms with Crippen LogP contribution in [0, 0.1) is 0 Å².